The fourth-order valence-electron chi connectivity index (χ4n) is 1.67. The van der Waals surface area contributed by atoms with E-state index in [4.69, 9.17) is 4.74 Å². The van der Waals surface area contributed by atoms with Crippen LogP contribution in [0.4, 0.5) is 5.69 Å². The van der Waals surface area contributed by atoms with Gasteiger partial charge in [0, 0.05) is 12.0 Å². The maximum Gasteiger partial charge on any atom is 0.347 e. The van der Waals surface area contributed by atoms with E-state index in [1.807, 2.05) is 0 Å². The fourth-order valence-corrected chi connectivity index (χ4v) is 1.67. The predicted molar refractivity (Wildman–Crippen MR) is 62.3 cm³/mol. The number of carbonyl (C=O) groups excluding carboxylic acids is 1. The standard InChI is InChI=1S/C12H13NO5/c1-17-12(14)11(8-5-6-8)18-10-4-2-3-9(7-10)13(15)16/h2-4,7-8,11H,5-6H2,1H3. The van der Waals surface area contributed by atoms with Gasteiger partial charge < -0.3 is 9.47 Å². The summed E-state index contributed by atoms with van der Waals surface area (Å²) in [4.78, 5) is 21.7. The number of non-ortho nitro benzene ring substituents is 1. The van der Waals surface area contributed by atoms with E-state index in [9.17, 15) is 14.9 Å². The largest absolute Gasteiger partial charge is 0.478 e. The third kappa shape index (κ3) is 2.77. The predicted octanol–water partition coefficient (Wildman–Crippen LogP) is 1.93. The first-order chi connectivity index (χ1) is 8.61. The van der Waals surface area contributed by atoms with Crippen molar-refractivity contribution in [3.05, 3.63) is 34.4 Å². The zero-order valence-corrected chi connectivity index (χ0v) is 9.87. The van der Waals surface area contributed by atoms with E-state index in [0.717, 1.165) is 12.8 Å². The number of carbonyl (C=O) groups is 1. The Morgan fingerprint density at radius 2 is 2.22 bits per heavy atom. The molecule has 0 N–H and O–H groups in total. The monoisotopic (exact) mass is 251 g/mol. The van der Waals surface area contributed by atoms with Gasteiger partial charge in [-0.3, -0.25) is 10.1 Å². The zero-order valence-electron chi connectivity index (χ0n) is 9.87. The Balaban J connectivity index is 2.13. The Morgan fingerprint density at radius 3 is 2.78 bits per heavy atom. The first kappa shape index (κ1) is 12.3. The van der Waals surface area contributed by atoms with Gasteiger partial charge in [0.05, 0.1) is 18.1 Å². The number of nitrogens with zero attached hydrogens (tertiary/aromatic N) is 1. The highest BCUT2D eigenvalue weighted by molar-refractivity contribution is 5.75. The van der Waals surface area contributed by atoms with Gasteiger partial charge in [-0.2, -0.15) is 0 Å². The number of esters is 1. The minimum atomic E-state index is -0.669. The summed E-state index contributed by atoms with van der Waals surface area (Å²) in [5.41, 5.74) is -0.0630. The molecule has 18 heavy (non-hydrogen) atoms. The molecule has 0 aromatic heterocycles. The highest BCUT2D eigenvalue weighted by Crippen LogP contribution is 2.36. The SMILES string of the molecule is COC(=O)C(Oc1cccc([N+](=O)[O-])c1)C1CC1. The molecule has 1 unspecified atom stereocenters. The number of nitro benzene ring substituents is 1. The lowest BCUT2D eigenvalue weighted by atomic mass is 10.2. The van der Waals surface area contributed by atoms with E-state index in [-0.39, 0.29) is 11.6 Å². The average molecular weight is 251 g/mol. The van der Waals surface area contributed by atoms with Gasteiger partial charge in [0.1, 0.15) is 5.75 Å². The lowest BCUT2D eigenvalue weighted by Crippen LogP contribution is -2.30. The molecule has 1 aliphatic rings. The molecule has 96 valence electrons. The number of hydrogen-bond donors (Lipinski definition) is 0. The van der Waals surface area contributed by atoms with Crippen molar-refractivity contribution >= 4 is 11.7 Å². The number of benzene rings is 1. The summed E-state index contributed by atoms with van der Waals surface area (Å²) >= 11 is 0. The van der Waals surface area contributed by atoms with E-state index in [0.29, 0.717) is 5.75 Å². The lowest BCUT2D eigenvalue weighted by Gasteiger charge is -2.15. The highest BCUT2D eigenvalue weighted by atomic mass is 16.6. The molecule has 2 rings (SSSR count). The Bertz CT molecular complexity index is 469. The molecular weight excluding hydrogens is 238 g/mol. The van der Waals surface area contributed by atoms with E-state index >= 15 is 0 Å². The van der Waals surface area contributed by atoms with Crippen LogP contribution >= 0.6 is 0 Å². The van der Waals surface area contributed by atoms with Crippen LogP contribution in [0.2, 0.25) is 0 Å². The molecule has 1 saturated carbocycles. The number of methoxy groups -OCH3 is 1. The number of hydrogen-bond acceptors (Lipinski definition) is 5. The summed E-state index contributed by atoms with van der Waals surface area (Å²) in [5, 5.41) is 10.6. The van der Waals surface area contributed by atoms with Gasteiger partial charge in [-0.25, -0.2) is 4.79 Å². The lowest BCUT2D eigenvalue weighted by molar-refractivity contribution is -0.385. The van der Waals surface area contributed by atoms with Crippen molar-refractivity contribution in [1.29, 1.82) is 0 Å². The first-order valence-electron chi connectivity index (χ1n) is 5.60. The molecular formula is C12H13NO5. The van der Waals surface area contributed by atoms with Crippen LogP contribution in [0.25, 0.3) is 0 Å². The summed E-state index contributed by atoms with van der Waals surface area (Å²) in [6.45, 7) is 0. The molecule has 0 saturated heterocycles. The van der Waals surface area contributed by atoms with Crippen LogP contribution in [0.1, 0.15) is 12.8 Å². The molecule has 1 atom stereocenters. The molecule has 0 bridgehead atoms. The van der Waals surface area contributed by atoms with Gasteiger partial charge in [0.15, 0.2) is 6.10 Å². The van der Waals surface area contributed by atoms with E-state index in [1.165, 1.54) is 25.3 Å². The molecule has 0 heterocycles. The van der Waals surface area contributed by atoms with Crippen molar-refractivity contribution in [2.75, 3.05) is 7.11 Å². The Kier molecular flexibility index (Phi) is 3.45. The van der Waals surface area contributed by atoms with Crippen LogP contribution in [-0.2, 0) is 9.53 Å². The van der Waals surface area contributed by atoms with Crippen molar-refractivity contribution in [1.82, 2.24) is 0 Å². The van der Waals surface area contributed by atoms with Crippen molar-refractivity contribution in [3.8, 4) is 5.75 Å². The maximum absolute atomic E-state index is 11.5. The maximum atomic E-state index is 11.5. The molecule has 1 aromatic rings. The number of ether oxygens (including phenoxy) is 2. The molecule has 0 radical (unpaired) electrons. The van der Waals surface area contributed by atoms with Crippen LogP contribution in [0.15, 0.2) is 24.3 Å². The first-order valence-corrected chi connectivity index (χ1v) is 5.60. The van der Waals surface area contributed by atoms with E-state index in [2.05, 4.69) is 4.74 Å². The van der Waals surface area contributed by atoms with Gasteiger partial charge in [-0.1, -0.05) is 6.07 Å². The van der Waals surface area contributed by atoms with Gasteiger partial charge >= 0.3 is 5.97 Å². The molecule has 1 fully saturated rings. The number of nitro groups is 1. The van der Waals surface area contributed by atoms with Crippen LogP contribution in [0, 0.1) is 16.0 Å². The molecule has 0 amide bonds. The van der Waals surface area contributed by atoms with E-state index in [1.54, 1.807) is 6.07 Å². The summed E-state index contributed by atoms with van der Waals surface area (Å²) in [5.74, 6) is 0.0206. The summed E-state index contributed by atoms with van der Waals surface area (Å²) in [7, 11) is 1.30. The van der Waals surface area contributed by atoms with Gasteiger partial charge in [-0.05, 0) is 18.9 Å². The highest BCUT2D eigenvalue weighted by Gasteiger charge is 2.39. The Morgan fingerprint density at radius 1 is 1.50 bits per heavy atom. The second-order valence-electron chi connectivity index (χ2n) is 4.15. The molecule has 0 spiro atoms. The van der Waals surface area contributed by atoms with Crippen molar-refractivity contribution in [2.24, 2.45) is 5.92 Å². The molecule has 6 heteroatoms. The fraction of sp³-hybridized carbons (Fsp3) is 0.417. The van der Waals surface area contributed by atoms with Gasteiger partial charge in [0.25, 0.3) is 5.69 Å². The Hall–Kier alpha value is -2.11. The molecule has 1 aromatic carbocycles. The van der Waals surface area contributed by atoms with Crippen molar-refractivity contribution in [3.63, 3.8) is 0 Å². The molecule has 0 aliphatic heterocycles. The smallest absolute Gasteiger partial charge is 0.347 e. The minimum absolute atomic E-state index is 0.0630. The molecule has 6 nitrogen and oxygen atoms in total. The third-order valence-corrected chi connectivity index (χ3v) is 2.78. The number of rotatable bonds is 5. The van der Waals surface area contributed by atoms with Crippen LogP contribution < -0.4 is 4.74 Å². The zero-order chi connectivity index (χ0) is 13.1. The average Bonchev–Trinajstić information content (AvgIpc) is 3.19. The third-order valence-electron chi connectivity index (χ3n) is 2.78. The van der Waals surface area contributed by atoms with Crippen LogP contribution in [0.5, 0.6) is 5.75 Å². The summed E-state index contributed by atoms with van der Waals surface area (Å²) in [6.07, 6.45) is 1.15. The Labute approximate surface area is 104 Å². The van der Waals surface area contributed by atoms with Crippen molar-refractivity contribution < 1.29 is 19.2 Å². The normalized spacial score (nSPS) is 15.8. The van der Waals surface area contributed by atoms with Crippen LogP contribution in [-0.4, -0.2) is 24.1 Å². The van der Waals surface area contributed by atoms with Gasteiger partial charge in [-0.15, -0.1) is 0 Å². The second-order valence-corrected chi connectivity index (χ2v) is 4.15. The second kappa shape index (κ2) is 5.03. The molecule has 1 aliphatic carbocycles. The van der Waals surface area contributed by atoms with E-state index < -0.39 is 17.0 Å². The van der Waals surface area contributed by atoms with Crippen LogP contribution in [0.3, 0.4) is 0 Å². The van der Waals surface area contributed by atoms with Gasteiger partial charge in [0.2, 0.25) is 0 Å². The summed E-state index contributed by atoms with van der Waals surface area (Å²) in [6, 6.07) is 5.79. The quantitative estimate of drug-likeness (QED) is 0.454. The topological polar surface area (TPSA) is 78.7 Å². The minimum Gasteiger partial charge on any atom is -0.478 e. The van der Waals surface area contributed by atoms with Crippen molar-refractivity contribution in [2.45, 2.75) is 18.9 Å². The summed E-state index contributed by atoms with van der Waals surface area (Å²) < 4.78 is 10.2.